The van der Waals surface area contributed by atoms with Crippen molar-refractivity contribution in [2.24, 2.45) is 0 Å². The van der Waals surface area contributed by atoms with Gasteiger partial charge in [-0.05, 0) is 6.92 Å². The van der Waals surface area contributed by atoms with Crippen LogP contribution in [0.15, 0.2) is 24.7 Å². The molecule has 1 unspecified atom stereocenters. The Labute approximate surface area is 121 Å². The van der Waals surface area contributed by atoms with Crippen LogP contribution in [0, 0.1) is 0 Å². The van der Waals surface area contributed by atoms with E-state index in [2.05, 4.69) is 11.9 Å². The molecule has 0 radical (unpaired) electrons. The molecule has 2 saturated heterocycles. The Morgan fingerprint density at radius 2 is 2.29 bits per heavy atom. The Balaban J connectivity index is 1.84. The van der Waals surface area contributed by atoms with E-state index in [1.165, 1.54) is 12.3 Å². The lowest BCUT2D eigenvalue weighted by molar-refractivity contribution is -0.214. The van der Waals surface area contributed by atoms with Crippen LogP contribution in [-0.2, 0) is 23.7 Å². The summed E-state index contributed by atoms with van der Waals surface area (Å²) in [5.41, 5.74) is -1.33. The summed E-state index contributed by atoms with van der Waals surface area (Å²) in [5, 5.41) is 13.4. The number of hydrogen-bond donors (Lipinski definition) is 2. The first-order valence-corrected chi connectivity index (χ1v) is 6.61. The highest BCUT2D eigenvalue weighted by Crippen LogP contribution is 2.37. The maximum Gasteiger partial charge on any atom is 0.250 e. The number of rotatable bonds is 1. The van der Waals surface area contributed by atoms with E-state index in [1.807, 2.05) is 0 Å². The fourth-order valence-corrected chi connectivity index (χ4v) is 2.73. The third kappa shape index (κ3) is 2.56. The van der Waals surface area contributed by atoms with Gasteiger partial charge in [0, 0.05) is 12.3 Å². The van der Waals surface area contributed by atoms with Crippen molar-refractivity contribution in [3.63, 3.8) is 0 Å². The minimum Gasteiger partial charge on any atom is -0.383 e. The average Bonchev–Trinajstić information content (AvgIpc) is 2.60. The van der Waals surface area contributed by atoms with Crippen molar-refractivity contribution < 1.29 is 28.8 Å². The molecule has 0 aromatic heterocycles. The van der Waals surface area contributed by atoms with Crippen molar-refractivity contribution in [2.45, 2.75) is 31.0 Å². The van der Waals surface area contributed by atoms with Gasteiger partial charge in [-0.15, -0.1) is 0 Å². The van der Waals surface area contributed by atoms with E-state index in [9.17, 15) is 9.90 Å². The largest absolute Gasteiger partial charge is 0.383 e. The topological polar surface area (TPSA) is 89.5 Å². The Bertz CT molecular complexity index is 477. The van der Waals surface area contributed by atoms with E-state index in [0.717, 1.165) is 0 Å². The molecule has 116 valence electrons. The van der Waals surface area contributed by atoms with Crippen molar-refractivity contribution in [3.05, 3.63) is 24.7 Å². The number of fused-ring (bicyclic) bond motifs is 1. The van der Waals surface area contributed by atoms with Gasteiger partial charge in [-0.25, -0.2) is 0 Å². The molecule has 8 nitrogen and oxygen atoms in total. The lowest BCUT2D eigenvalue weighted by Gasteiger charge is -2.37. The molecule has 3 aliphatic rings. The van der Waals surface area contributed by atoms with Gasteiger partial charge in [0.2, 0.25) is 0 Å². The van der Waals surface area contributed by atoms with Crippen molar-refractivity contribution in [1.82, 2.24) is 10.2 Å². The van der Waals surface area contributed by atoms with E-state index in [4.69, 9.17) is 18.9 Å². The van der Waals surface area contributed by atoms with Crippen molar-refractivity contribution in [3.8, 4) is 0 Å². The summed E-state index contributed by atoms with van der Waals surface area (Å²) in [7, 11) is 0. The summed E-state index contributed by atoms with van der Waals surface area (Å²) in [5.74, 6) is 0.0621. The van der Waals surface area contributed by atoms with Gasteiger partial charge in [-0.2, -0.15) is 0 Å². The highest BCUT2D eigenvalue weighted by atomic mass is 16.8. The Hall–Kier alpha value is -1.45. The third-order valence-electron chi connectivity index (χ3n) is 3.72. The smallest absolute Gasteiger partial charge is 0.250 e. The van der Waals surface area contributed by atoms with Crippen LogP contribution in [0.3, 0.4) is 0 Å². The van der Waals surface area contributed by atoms with Crippen LogP contribution in [0.2, 0.25) is 0 Å². The molecule has 3 heterocycles. The standard InChI is InChI=1S/C13H18N2O6/c1-8-14-10(16)3-4-15(8)12-13(2,17)11-9(21-12)5-18-6-19-7-20-11/h3-4,9,11-12,17H,1,5-7H2,2H3,(H,14,16)/t9-,11?,12-,13-/m1/s1. The van der Waals surface area contributed by atoms with Crippen LogP contribution in [0.25, 0.3) is 0 Å². The predicted molar refractivity (Wildman–Crippen MR) is 69.2 cm³/mol. The summed E-state index contributed by atoms with van der Waals surface area (Å²) in [4.78, 5) is 12.9. The number of nitrogens with zero attached hydrogens (tertiary/aromatic N) is 1. The fraction of sp³-hybridized carbons (Fsp3) is 0.615. The first kappa shape index (κ1) is 14.5. The maximum atomic E-state index is 11.3. The Kier molecular flexibility index (Phi) is 3.72. The number of nitrogens with one attached hydrogen (secondary N) is 1. The van der Waals surface area contributed by atoms with E-state index in [-0.39, 0.29) is 26.1 Å². The first-order valence-electron chi connectivity index (χ1n) is 6.61. The van der Waals surface area contributed by atoms with Gasteiger partial charge in [0.1, 0.15) is 37.2 Å². The lowest BCUT2D eigenvalue weighted by atomic mass is 9.95. The molecule has 0 spiro atoms. The molecule has 0 aromatic carbocycles. The molecule has 1 amide bonds. The number of carbonyl (C=O) groups is 1. The molecule has 0 bridgehead atoms. The van der Waals surface area contributed by atoms with E-state index < -0.39 is 24.0 Å². The average molecular weight is 298 g/mol. The second-order valence-electron chi connectivity index (χ2n) is 5.31. The van der Waals surface area contributed by atoms with Gasteiger partial charge in [0.25, 0.3) is 5.91 Å². The van der Waals surface area contributed by atoms with Crippen molar-refractivity contribution >= 4 is 5.91 Å². The van der Waals surface area contributed by atoms with Crippen LogP contribution in [0.4, 0.5) is 0 Å². The summed E-state index contributed by atoms with van der Waals surface area (Å²) in [6.07, 6.45) is 1.07. The highest BCUT2D eigenvalue weighted by Gasteiger charge is 2.56. The number of carbonyl (C=O) groups excluding carboxylic acids is 1. The zero-order valence-electron chi connectivity index (χ0n) is 11.7. The zero-order chi connectivity index (χ0) is 15.0. The number of aliphatic hydroxyl groups is 1. The van der Waals surface area contributed by atoms with Crippen LogP contribution in [-0.4, -0.2) is 60.1 Å². The molecule has 21 heavy (non-hydrogen) atoms. The number of hydrogen-bond acceptors (Lipinski definition) is 7. The molecule has 3 aliphatic heterocycles. The highest BCUT2D eigenvalue weighted by molar-refractivity contribution is 5.89. The number of amides is 1. The summed E-state index contributed by atoms with van der Waals surface area (Å²) >= 11 is 0. The summed E-state index contributed by atoms with van der Waals surface area (Å²) in [6.45, 7) is 5.75. The molecule has 0 aliphatic carbocycles. The van der Waals surface area contributed by atoms with Crippen LogP contribution >= 0.6 is 0 Å². The molecule has 0 saturated carbocycles. The fourth-order valence-electron chi connectivity index (χ4n) is 2.73. The van der Waals surface area contributed by atoms with Crippen molar-refractivity contribution in [1.29, 1.82) is 0 Å². The zero-order valence-corrected chi connectivity index (χ0v) is 11.7. The molecule has 2 fully saturated rings. The van der Waals surface area contributed by atoms with Crippen LogP contribution < -0.4 is 5.32 Å². The molecular formula is C13H18N2O6. The first-order chi connectivity index (χ1) is 10.00. The maximum absolute atomic E-state index is 11.3. The van der Waals surface area contributed by atoms with E-state index in [0.29, 0.717) is 5.82 Å². The molecular weight excluding hydrogens is 280 g/mol. The Morgan fingerprint density at radius 1 is 1.48 bits per heavy atom. The van der Waals surface area contributed by atoms with Gasteiger partial charge >= 0.3 is 0 Å². The van der Waals surface area contributed by atoms with Crippen LogP contribution in [0.5, 0.6) is 0 Å². The SMILES string of the molecule is C=C1NC(=O)C=CN1[C@@H]1O[C@@H]2COCOCOC2[C@@]1(C)O. The minimum absolute atomic E-state index is 0.0148. The van der Waals surface area contributed by atoms with E-state index in [1.54, 1.807) is 11.8 Å². The van der Waals surface area contributed by atoms with Gasteiger partial charge in [-0.1, -0.05) is 6.58 Å². The lowest BCUT2D eigenvalue weighted by Crippen LogP contribution is -2.54. The normalized spacial score (nSPS) is 40.5. The summed E-state index contributed by atoms with van der Waals surface area (Å²) in [6, 6.07) is 0. The second-order valence-corrected chi connectivity index (χ2v) is 5.31. The molecule has 4 atom stereocenters. The Morgan fingerprint density at radius 3 is 3.05 bits per heavy atom. The molecule has 2 N–H and O–H groups in total. The quantitative estimate of drug-likeness (QED) is 0.657. The number of ether oxygens (including phenoxy) is 4. The molecule has 0 aromatic rings. The molecule has 3 rings (SSSR count). The molecule has 8 heteroatoms. The monoisotopic (exact) mass is 298 g/mol. The van der Waals surface area contributed by atoms with Gasteiger partial charge in [0.05, 0.1) is 6.61 Å². The van der Waals surface area contributed by atoms with E-state index >= 15 is 0 Å². The van der Waals surface area contributed by atoms with Gasteiger partial charge in [0.15, 0.2) is 6.23 Å². The minimum atomic E-state index is -1.33. The third-order valence-corrected chi connectivity index (χ3v) is 3.72. The van der Waals surface area contributed by atoms with Crippen molar-refractivity contribution in [2.75, 3.05) is 20.2 Å². The van der Waals surface area contributed by atoms with Crippen LogP contribution in [0.1, 0.15) is 6.92 Å². The van der Waals surface area contributed by atoms with Gasteiger partial charge in [-0.3, -0.25) is 4.79 Å². The predicted octanol–water partition coefficient (Wildman–Crippen LogP) is -0.774. The second kappa shape index (κ2) is 5.39. The summed E-state index contributed by atoms with van der Waals surface area (Å²) < 4.78 is 21.8. The van der Waals surface area contributed by atoms with Gasteiger partial charge < -0.3 is 34.3 Å².